The van der Waals surface area contributed by atoms with E-state index in [0.717, 1.165) is 12.3 Å². The van der Waals surface area contributed by atoms with Gasteiger partial charge in [0.2, 0.25) is 0 Å². The molecule has 2 rings (SSSR count). The number of aromatic nitrogens is 1. The fourth-order valence-electron chi connectivity index (χ4n) is 1.39. The van der Waals surface area contributed by atoms with Crippen LogP contribution in [0.3, 0.4) is 0 Å². The zero-order chi connectivity index (χ0) is 14.9. The molecule has 0 spiro atoms. The lowest BCUT2D eigenvalue weighted by Gasteiger charge is -2.11. The first kappa shape index (κ1) is 15.0. The number of anilines is 1. The normalized spacial score (nSPS) is 11.4. The molecule has 106 valence electrons. The van der Waals surface area contributed by atoms with Crippen LogP contribution < -0.4 is 4.72 Å². The minimum atomic E-state index is -4.19. The lowest BCUT2D eigenvalue weighted by atomic mass is 10.3. The zero-order valence-corrected chi connectivity index (χ0v) is 11.9. The third-order valence-electron chi connectivity index (χ3n) is 2.27. The summed E-state index contributed by atoms with van der Waals surface area (Å²) in [5.41, 5.74) is -0.562. The fraction of sp³-hybridized carbons (Fsp3) is 0. The average Bonchev–Trinajstić information content (AvgIpc) is 2.34. The summed E-state index contributed by atoms with van der Waals surface area (Å²) in [5, 5.41) is -0.503. The van der Waals surface area contributed by atoms with Crippen LogP contribution >= 0.6 is 23.2 Å². The third-order valence-corrected chi connectivity index (χ3v) is 4.38. The zero-order valence-electron chi connectivity index (χ0n) is 9.57. The maximum absolute atomic E-state index is 13.6. The number of benzene rings is 1. The number of nitrogens with zero attached hydrogens (tertiary/aromatic N) is 1. The van der Waals surface area contributed by atoms with E-state index < -0.39 is 32.4 Å². The van der Waals surface area contributed by atoms with E-state index in [4.69, 9.17) is 23.2 Å². The molecular formula is C11H6Cl2F2N2O2S. The molecule has 1 N–H and O–H groups in total. The van der Waals surface area contributed by atoms with Crippen molar-refractivity contribution in [3.8, 4) is 0 Å². The Morgan fingerprint density at radius 1 is 1.15 bits per heavy atom. The van der Waals surface area contributed by atoms with Gasteiger partial charge in [0, 0.05) is 18.5 Å². The van der Waals surface area contributed by atoms with Crippen molar-refractivity contribution in [3.63, 3.8) is 0 Å². The monoisotopic (exact) mass is 338 g/mol. The van der Waals surface area contributed by atoms with Crippen LogP contribution in [0.15, 0.2) is 35.5 Å². The summed E-state index contributed by atoms with van der Waals surface area (Å²) in [6.45, 7) is 0. The molecule has 0 fully saturated rings. The van der Waals surface area contributed by atoms with Gasteiger partial charge in [-0.2, -0.15) is 0 Å². The highest BCUT2D eigenvalue weighted by Gasteiger charge is 2.22. The van der Waals surface area contributed by atoms with Gasteiger partial charge in [0.15, 0.2) is 5.82 Å². The van der Waals surface area contributed by atoms with Crippen LogP contribution in [0.4, 0.5) is 14.5 Å². The maximum atomic E-state index is 13.6. The fourth-order valence-corrected chi connectivity index (χ4v) is 3.21. The molecule has 0 radical (unpaired) electrons. The molecule has 2 aromatic rings. The summed E-state index contributed by atoms with van der Waals surface area (Å²) in [4.78, 5) is 3.28. The maximum Gasteiger partial charge on any atom is 0.265 e. The second-order valence-electron chi connectivity index (χ2n) is 3.66. The van der Waals surface area contributed by atoms with Crippen molar-refractivity contribution >= 4 is 38.9 Å². The number of halogens is 4. The molecule has 0 unspecified atom stereocenters. The Kier molecular flexibility index (Phi) is 4.12. The largest absolute Gasteiger partial charge is 0.275 e. The molecule has 0 atom stereocenters. The first-order chi connectivity index (χ1) is 9.31. The van der Waals surface area contributed by atoms with Gasteiger partial charge >= 0.3 is 0 Å². The van der Waals surface area contributed by atoms with Crippen molar-refractivity contribution in [2.24, 2.45) is 0 Å². The SMILES string of the molecule is O=S(=O)(Nc1c(F)cc(F)cc1Cl)c1cnccc1Cl. The number of hydrogen-bond acceptors (Lipinski definition) is 3. The first-order valence-corrected chi connectivity index (χ1v) is 7.32. The van der Waals surface area contributed by atoms with Crippen LogP contribution in [-0.2, 0) is 10.0 Å². The molecule has 0 bridgehead atoms. The summed E-state index contributed by atoms with van der Waals surface area (Å²) >= 11 is 11.3. The second kappa shape index (κ2) is 5.51. The van der Waals surface area contributed by atoms with Gasteiger partial charge in [0.1, 0.15) is 16.4 Å². The van der Waals surface area contributed by atoms with Gasteiger partial charge in [-0.05, 0) is 12.1 Å². The highest BCUT2D eigenvalue weighted by molar-refractivity contribution is 7.92. The summed E-state index contributed by atoms with van der Waals surface area (Å²) in [7, 11) is -4.19. The van der Waals surface area contributed by atoms with E-state index in [2.05, 4.69) is 4.98 Å². The molecule has 4 nitrogen and oxygen atoms in total. The number of rotatable bonds is 3. The topological polar surface area (TPSA) is 59.1 Å². The molecule has 9 heteroatoms. The minimum absolute atomic E-state index is 0.0915. The molecule has 0 aliphatic carbocycles. The Morgan fingerprint density at radius 3 is 2.45 bits per heavy atom. The summed E-state index contributed by atoms with van der Waals surface area (Å²) in [6, 6.07) is 2.56. The Hall–Kier alpha value is -1.44. The minimum Gasteiger partial charge on any atom is -0.275 e. The molecule has 0 amide bonds. The van der Waals surface area contributed by atoms with Crippen molar-refractivity contribution in [1.82, 2.24) is 4.98 Å². The molecular weight excluding hydrogens is 333 g/mol. The highest BCUT2D eigenvalue weighted by Crippen LogP contribution is 2.30. The van der Waals surface area contributed by atoms with Crippen LogP contribution in [0.5, 0.6) is 0 Å². The van der Waals surface area contributed by atoms with Crippen LogP contribution in [0.2, 0.25) is 10.0 Å². The van der Waals surface area contributed by atoms with Gasteiger partial charge in [-0.3, -0.25) is 9.71 Å². The summed E-state index contributed by atoms with van der Waals surface area (Å²) < 4.78 is 52.5. The van der Waals surface area contributed by atoms with E-state index in [1.54, 1.807) is 0 Å². The number of sulfonamides is 1. The van der Waals surface area contributed by atoms with Crippen LogP contribution in [0.25, 0.3) is 0 Å². The van der Waals surface area contributed by atoms with Gasteiger partial charge in [0.25, 0.3) is 10.0 Å². The van der Waals surface area contributed by atoms with Crippen LogP contribution in [0, 0.1) is 11.6 Å². The van der Waals surface area contributed by atoms with E-state index in [1.165, 1.54) is 12.3 Å². The smallest absolute Gasteiger partial charge is 0.265 e. The number of pyridine rings is 1. The van der Waals surface area contributed by atoms with Gasteiger partial charge in [-0.15, -0.1) is 0 Å². The molecule has 1 heterocycles. The van der Waals surface area contributed by atoms with E-state index in [9.17, 15) is 17.2 Å². The van der Waals surface area contributed by atoms with Crippen LogP contribution in [-0.4, -0.2) is 13.4 Å². The Morgan fingerprint density at radius 2 is 1.85 bits per heavy atom. The third kappa shape index (κ3) is 3.00. The summed E-state index contributed by atoms with van der Waals surface area (Å²) in [5.74, 6) is -2.06. The second-order valence-corrected chi connectivity index (χ2v) is 6.12. The Bertz CT molecular complexity index is 746. The van der Waals surface area contributed by atoms with Crippen molar-refractivity contribution in [3.05, 3.63) is 52.3 Å². The van der Waals surface area contributed by atoms with E-state index in [0.29, 0.717) is 6.07 Å². The Balaban J connectivity index is 2.47. The molecule has 0 aliphatic heterocycles. The predicted molar refractivity (Wildman–Crippen MR) is 71.4 cm³/mol. The summed E-state index contributed by atoms with van der Waals surface area (Å²) in [6.07, 6.45) is 2.30. The lowest BCUT2D eigenvalue weighted by molar-refractivity contribution is 0.583. The number of nitrogens with one attached hydrogen (secondary N) is 1. The van der Waals surface area contributed by atoms with Gasteiger partial charge < -0.3 is 0 Å². The van der Waals surface area contributed by atoms with Crippen molar-refractivity contribution < 1.29 is 17.2 Å². The molecule has 20 heavy (non-hydrogen) atoms. The standard InChI is InChI=1S/C11H6Cl2F2N2O2S/c12-7-1-2-16-5-10(7)20(18,19)17-11-8(13)3-6(14)4-9(11)15/h1-5,17H. The Labute approximate surface area is 123 Å². The van der Waals surface area contributed by atoms with E-state index in [1.807, 2.05) is 4.72 Å². The molecule has 1 aromatic heterocycles. The molecule has 0 saturated heterocycles. The molecule has 0 aliphatic rings. The van der Waals surface area contributed by atoms with Crippen molar-refractivity contribution in [1.29, 1.82) is 0 Å². The van der Waals surface area contributed by atoms with Crippen molar-refractivity contribution in [2.45, 2.75) is 4.90 Å². The predicted octanol–water partition coefficient (Wildman–Crippen LogP) is 3.47. The van der Waals surface area contributed by atoms with Crippen molar-refractivity contribution in [2.75, 3.05) is 4.72 Å². The quantitative estimate of drug-likeness (QED) is 0.932. The average molecular weight is 339 g/mol. The van der Waals surface area contributed by atoms with Gasteiger partial charge in [-0.25, -0.2) is 17.2 Å². The molecule has 0 saturated carbocycles. The van der Waals surface area contributed by atoms with E-state index >= 15 is 0 Å². The first-order valence-electron chi connectivity index (χ1n) is 5.08. The van der Waals surface area contributed by atoms with Crippen LogP contribution in [0.1, 0.15) is 0 Å². The number of hydrogen-bond donors (Lipinski definition) is 1. The lowest BCUT2D eigenvalue weighted by Crippen LogP contribution is -2.15. The highest BCUT2D eigenvalue weighted by atomic mass is 35.5. The van der Waals surface area contributed by atoms with Gasteiger partial charge in [0.05, 0.1) is 10.0 Å². The molecule has 1 aromatic carbocycles. The van der Waals surface area contributed by atoms with E-state index in [-0.39, 0.29) is 9.92 Å². The van der Waals surface area contributed by atoms with Gasteiger partial charge in [-0.1, -0.05) is 23.2 Å².